The van der Waals surface area contributed by atoms with E-state index >= 15 is 0 Å². The first-order valence-corrected chi connectivity index (χ1v) is 9.26. The van der Waals surface area contributed by atoms with Crippen LogP contribution in [0.1, 0.15) is 42.6 Å². The van der Waals surface area contributed by atoms with Crippen molar-refractivity contribution in [2.24, 2.45) is 21.5 Å². The van der Waals surface area contributed by atoms with Crippen LogP contribution in [0.2, 0.25) is 0 Å². The molecule has 1 aromatic carbocycles. The molecule has 1 aliphatic heterocycles. The smallest absolute Gasteiger partial charge is 0.358 e. The van der Waals surface area contributed by atoms with Gasteiger partial charge in [-0.3, -0.25) is 4.90 Å². The number of nitrogens with zero attached hydrogens (tertiary/aromatic N) is 5. The van der Waals surface area contributed by atoms with Crippen molar-refractivity contribution >= 4 is 23.6 Å². The van der Waals surface area contributed by atoms with Gasteiger partial charge in [-0.2, -0.15) is 10.1 Å². The lowest BCUT2D eigenvalue weighted by molar-refractivity contribution is 0.0593. The fraction of sp³-hybridized carbons (Fsp3) is 0.368. The lowest BCUT2D eigenvalue weighted by atomic mass is 9.87. The van der Waals surface area contributed by atoms with Crippen LogP contribution in [0.3, 0.4) is 0 Å². The SMILES string of the molecule is COC(=O)c1ccn(-c2ccc(N3C(N)=NC(N)=NC34CCCCC4)cc2)n1. The van der Waals surface area contributed by atoms with Crippen LogP contribution in [0, 0.1) is 0 Å². The lowest BCUT2D eigenvalue weighted by Crippen LogP contribution is -2.58. The first kappa shape index (κ1) is 18.0. The summed E-state index contributed by atoms with van der Waals surface area (Å²) >= 11 is 0. The minimum atomic E-state index is -0.473. The Bertz CT molecular complexity index is 939. The fourth-order valence-corrected chi connectivity index (χ4v) is 3.93. The second-order valence-corrected chi connectivity index (χ2v) is 6.97. The minimum absolute atomic E-state index is 0.235. The number of anilines is 1. The van der Waals surface area contributed by atoms with Gasteiger partial charge in [0.05, 0.1) is 12.8 Å². The van der Waals surface area contributed by atoms with E-state index in [1.165, 1.54) is 13.5 Å². The van der Waals surface area contributed by atoms with Gasteiger partial charge in [0, 0.05) is 11.9 Å². The zero-order valence-electron chi connectivity index (χ0n) is 15.7. The van der Waals surface area contributed by atoms with E-state index in [-0.39, 0.29) is 11.7 Å². The zero-order chi connectivity index (χ0) is 19.7. The number of hydrogen-bond donors (Lipinski definition) is 2. The van der Waals surface area contributed by atoms with Crippen LogP contribution in [0.25, 0.3) is 5.69 Å². The Kier molecular flexibility index (Phi) is 4.50. The molecule has 4 rings (SSSR count). The molecule has 9 heteroatoms. The van der Waals surface area contributed by atoms with Crippen LogP contribution in [-0.4, -0.2) is 40.4 Å². The van der Waals surface area contributed by atoms with E-state index in [2.05, 4.69) is 15.1 Å². The molecule has 2 aliphatic rings. The molecular formula is C19H23N7O2. The largest absolute Gasteiger partial charge is 0.464 e. The summed E-state index contributed by atoms with van der Waals surface area (Å²) in [6.45, 7) is 0. The van der Waals surface area contributed by atoms with Crippen LogP contribution in [-0.2, 0) is 4.74 Å². The van der Waals surface area contributed by atoms with Crippen molar-refractivity contribution in [3.05, 3.63) is 42.2 Å². The number of rotatable bonds is 3. The number of ether oxygens (including phenoxy) is 1. The van der Waals surface area contributed by atoms with E-state index in [0.29, 0.717) is 5.96 Å². The number of guanidine groups is 2. The van der Waals surface area contributed by atoms with E-state index in [4.69, 9.17) is 16.2 Å². The summed E-state index contributed by atoms with van der Waals surface area (Å²) in [5, 5.41) is 4.24. The molecular weight excluding hydrogens is 358 g/mol. The molecule has 4 N–H and O–H groups in total. The van der Waals surface area contributed by atoms with E-state index in [1.54, 1.807) is 16.9 Å². The van der Waals surface area contributed by atoms with Gasteiger partial charge < -0.3 is 16.2 Å². The zero-order valence-corrected chi connectivity index (χ0v) is 15.7. The van der Waals surface area contributed by atoms with Crippen LogP contribution < -0.4 is 16.4 Å². The summed E-state index contributed by atoms with van der Waals surface area (Å²) in [5.74, 6) is 0.121. The summed E-state index contributed by atoms with van der Waals surface area (Å²) in [4.78, 5) is 22.4. The van der Waals surface area contributed by atoms with E-state index in [0.717, 1.165) is 37.1 Å². The Hall–Kier alpha value is -3.36. The third-order valence-corrected chi connectivity index (χ3v) is 5.21. The molecule has 0 bridgehead atoms. The summed E-state index contributed by atoms with van der Waals surface area (Å²) in [7, 11) is 1.33. The third kappa shape index (κ3) is 3.08. The van der Waals surface area contributed by atoms with Crippen LogP contribution in [0.4, 0.5) is 5.69 Å². The van der Waals surface area contributed by atoms with Crippen molar-refractivity contribution in [2.45, 2.75) is 37.8 Å². The van der Waals surface area contributed by atoms with Gasteiger partial charge in [0.1, 0.15) is 5.66 Å². The molecule has 1 aliphatic carbocycles. The molecule has 0 saturated heterocycles. The number of carbonyl (C=O) groups excluding carboxylic acids is 1. The Morgan fingerprint density at radius 2 is 1.75 bits per heavy atom. The van der Waals surface area contributed by atoms with Crippen molar-refractivity contribution in [2.75, 3.05) is 12.0 Å². The monoisotopic (exact) mass is 381 g/mol. The molecule has 9 nitrogen and oxygen atoms in total. The molecule has 0 atom stereocenters. The molecule has 0 radical (unpaired) electrons. The molecule has 2 aromatic rings. The third-order valence-electron chi connectivity index (χ3n) is 5.21. The molecule has 0 unspecified atom stereocenters. The van der Waals surface area contributed by atoms with Gasteiger partial charge in [-0.25, -0.2) is 14.5 Å². The number of aliphatic imine (C=N–C) groups is 2. The fourth-order valence-electron chi connectivity index (χ4n) is 3.93. The van der Waals surface area contributed by atoms with Crippen molar-refractivity contribution < 1.29 is 9.53 Å². The predicted octanol–water partition coefficient (Wildman–Crippen LogP) is 1.77. The molecule has 1 saturated carbocycles. The molecule has 146 valence electrons. The average Bonchev–Trinajstić information content (AvgIpc) is 3.18. The van der Waals surface area contributed by atoms with Gasteiger partial charge in [-0.05, 0) is 56.0 Å². The normalized spacial score (nSPS) is 18.5. The predicted molar refractivity (Wildman–Crippen MR) is 106 cm³/mol. The standard InChI is InChI=1S/C19H23N7O2/c1-28-16(27)15-9-12-25(24-15)13-5-7-14(8-6-13)26-18(21)22-17(20)23-19(26)10-3-2-4-11-19/h5-9,12H,2-4,10-11H2,1H3,(H4,20,21,22,23). The second kappa shape index (κ2) is 6.99. The quantitative estimate of drug-likeness (QED) is 0.781. The highest BCUT2D eigenvalue weighted by molar-refractivity contribution is 6.05. The maximum absolute atomic E-state index is 11.6. The van der Waals surface area contributed by atoms with Crippen molar-refractivity contribution in [1.29, 1.82) is 0 Å². The molecule has 1 aromatic heterocycles. The van der Waals surface area contributed by atoms with Crippen molar-refractivity contribution in [3.63, 3.8) is 0 Å². The molecule has 0 amide bonds. The first-order valence-electron chi connectivity index (χ1n) is 9.26. The molecule has 28 heavy (non-hydrogen) atoms. The van der Waals surface area contributed by atoms with Crippen LogP contribution in [0.15, 0.2) is 46.5 Å². The summed E-state index contributed by atoms with van der Waals surface area (Å²) < 4.78 is 6.32. The maximum atomic E-state index is 11.6. The highest BCUT2D eigenvalue weighted by Gasteiger charge is 2.42. The number of nitrogens with two attached hydrogens (primary N) is 2. The van der Waals surface area contributed by atoms with Crippen LogP contribution >= 0.6 is 0 Å². The number of methoxy groups -OCH3 is 1. The Balaban J connectivity index is 1.65. The van der Waals surface area contributed by atoms with Crippen LogP contribution in [0.5, 0.6) is 0 Å². The van der Waals surface area contributed by atoms with Gasteiger partial charge in [0.2, 0.25) is 11.9 Å². The van der Waals surface area contributed by atoms with E-state index in [1.807, 2.05) is 29.2 Å². The number of aromatic nitrogens is 2. The highest BCUT2D eigenvalue weighted by Crippen LogP contribution is 2.39. The lowest BCUT2D eigenvalue weighted by Gasteiger charge is -2.45. The highest BCUT2D eigenvalue weighted by atomic mass is 16.5. The Labute approximate surface area is 162 Å². The number of esters is 1. The van der Waals surface area contributed by atoms with Gasteiger partial charge in [-0.15, -0.1) is 0 Å². The van der Waals surface area contributed by atoms with Gasteiger partial charge in [0.15, 0.2) is 5.69 Å². The average molecular weight is 381 g/mol. The molecule has 1 spiro atoms. The summed E-state index contributed by atoms with van der Waals surface area (Å²) in [5.41, 5.74) is 13.7. The summed E-state index contributed by atoms with van der Waals surface area (Å²) in [6, 6.07) is 9.34. The minimum Gasteiger partial charge on any atom is -0.464 e. The van der Waals surface area contributed by atoms with Crippen molar-refractivity contribution in [3.8, 4) is 5.69 Å². The summed E-state index contributed by atoms with van der Waals surface area (Å²) in [6.07, 6.45) is 6.81. The van der Waals surface area contributed by atoms with Gasteiger partial charge >= 0.3 is 5.97 Å². The molecule has 1 fully saturated rings. The number of hydrogen-bond acceptors (Lipinski definition) is 8. The maximum Gasteiger partial charge on any atom is 0.358 e. The topological polar surface area (TPSA) is 124 Å². The van der Waals surface area contributed by atoms with E-state index in [9.17, 15) is 4.79 Å². The van der Waals surface area contributed by atoms with E-state index < -0.39 is 11.6 Å². The second-order valence-electron chi connectivity index (χ2n) is 6.97. The Morgan fingerprint density at radius 1 is 1.07 bits per heavy atom. The van der Waals surface area contributed by atoms with Gasteiger partial charge in [0.25, 0.3) is 0 Å². The first-order chi connectivity index (χ1) is 13.5. The van der Waals surface area contributed by atoms with Gasteiger partial charge in [-0.1, -0.05) is 6.42 Å². The Morgan fingerprint density at radius 3 is 2.43 bits per heavy atom. The van der Waals surface area contributed by atoms with Crippen molar-refractivity contribution in [1.82, 2.24) is 9.78 Å². The number of benzene rings is 1. The number of carbonyl (C=O) groups is 1. The molecule has 2 heterocycles.